The van der Waals surface area contributed by atoms with Crippen molar-refractivity contribution in [2.24, 2.45) is 0 Å². The predicted molar refractivity (Wildman–Crippen MR) is 84.2 cm³/mol. The molecule has 0 aromatic heterocycles. The molecule has 114 valence electrons. The molecule has 2 unspecified atom stereocenters. The largest absolute Gasteiger partial charge is 0.379 e. The first-order chi connectivity index (χ1) is 9.58. The molecule has 2 atom stereocenters. The molecule has 20 heavy (non-hydrogen) atoms. The summed E-state index contributed by atoms with van der Waals surface area (Å²) in [7, 11) is 0. The summed E-state index contributed by atoms with van der Waals surface area (Å²) in [5.74, 6) is 0. The topological polar surface area (TPSA) is 30.5 Å². The molecule has 1 N–H and O–H groups in total. The second-order valence-electron chi connectivity index (χ2n) is 5.27. The monoisotopic (exact) mass is 279 g/mol. The summed E-state index contributed by atoms with van der Waals surface area (Å²) in [5, 5.41) is 3.50. The maximum absolute atomic E-state index is 5.91. The Morgan fingerprint density at radius 2 is 1.90 bits per heavy atom. The minimum absolute atomic E-state index is 0.127. The Labute approximate surface area is 123 Å². The van der Waals surface area contributed by atoms with Crippen molar-refractivity contribution in [3.05, 3.63) is 34.9 Å². The first-order valence-corrected chi connectivity index (χ1v) is 7.58. The molecule has 3 nitrogen and oxygen atoms in total. The molecule has 1 aromatic rings. The lowest BCUT2D eigenvalue weighted by Crippen LogP contribution is -2.29. The van der Waals surface area contributed by atoms with Gasteiger partial charge in [-0.05, 0) is 45.4 Å². The van der Waals surface area contributed by atoms with Crippen molar-refractivity contribution in [2.45, 2.75) is 46.8 Å². The van der Waals surface area contributed by atoms with Gasteiger partial charge < -0.3 is 14.8 Å². The molecule has 0 saturated carbocycles. The average molecular weight is 279 g/mol. The lowest BCUT2D eigenvalue weighted by Gasteiger charge is -2.23. The number of nitrogens with one attached hydrogen (secondary N) is 1. The predicted octanol–water partition coefficient (Wildman–Crippen LogP) is 3.40. The van der Waals surface area contributed by atoms with Crippen molar-refractivity contribution in [3.8, 4) is 0 Å². The van der Waals surface area contributed by atoms with Crippen LogP contribution in [-0.2, 0) is 9.47 Å². The van der Waals surface area contributed by atoms with E-state index in [1.54, 1.807) is 0 Å². The van der Waals surface area contributed by atoms with Gasteiger partial charge in [0.05, 0.1) is 25.4 Å². The number of aryl methyl sites for hydroxylation is 2. The molecule has 0 amide bonds. The normalized spacial score (nSPS) is 14.2. The third kappa shape index (κ3) is 5.61. The van der Waals surface area contributed by atoms with E-state index in [4.69, 9.17) is 9.47 Å². The zero-order chi connectivity index (χ0) is 15.0. The highest BCUT2D eigenvalue weighted by molar-refractivity contribution is 5.32. The number of hydrogen-bond acceptors (Lipinski definition) is 3. The second-order valence-corrected chi connectivity index (χ2v) is 5.27. The van der Waals surface area contributed by atoms with E-state index in [1.807, 2.05) is 6.92 Å². The molecular formula is C17H29NO2. The van der Waals surface area contributed by atoms with Crippen LogP contribution in [-0.4, -0.2) is 32.5 Å². The van der Waals surface area contributed by atoms with Gasteiger partial charge in [-0.15, -0.1) is 0 Å². The van der Waals surface area contributed by atoms with Crippen molar-refractivity contribution in [1.82, 2.24) is 5.32 Å². The Morgan fingerprint density at radius 1 is 1.15 bits per heavy atom. The lowest BCUT2D eigenvalue weighted by molar-refractivity contribution is -0.0115. The zero-order valence-corrected chi connectivity index (χ0v) is 13.5. The fourth-order valence-corrected chi connectivity index (χ4v) is 2.31. The average Bonchev–Trinajstić information content (AvgIpc) is 2.41. The van der Waals surface area contributed by atoms with Gasteiger partial charge in [0.25, 0.3) is 0 Å². The van der Waals surface area contributed by atoms with E-state index in [2.05, 4.69) is 51.2 Å². The highest BCUT2D eigenvalue weighted by atomic mass is 16.5. The molecule has 3 heteroatoms. The van der Waals surface area contributed by atoms with Crippen LogP contribution in [0.2, 0.25) is 0 Å². The van der Waals surface area contributed by atoms with Gasteiger partial charge in [0.2, 0.25) is 0 Å². The van der Waals surface area contributed by atoms with Crippen molar-refractivity contribution in [1.29, 1.82) is 0 Å². The highest BCUT2D eigenvalue weighted by Gasteiger charge is 2.14. The summed E-state index contributed by atoms with van der Waals surface area (Å²) in [4.78, 5) is 0. The molecule has 0 aliphatic carbocycles. The van der Waals surface area contributed by atoms with Crippen LogP contribution in [0.25, 0.3) is 0 Å². The van der Waals surface area contributed by atoms with Crippen molar-refractivity contribution in [2.75, 3.05) is 26.4 Å². The molecule has 0 radical (unpaired) electrons. The molecule has 0 aliphatic heterocycles. The van der Waals surface area contributed by atoms with Gasteiger partial charge in [-0.1, -0.05) is 30.7 Å². The molecule has 1 aromatic carbocycles. The second kappa shape index (κ2) is 9.11. The van der Waals surface area contributed by atoms with E-state index in [1.165, 1.54) is 16.7 Å². The number of rotatable bonds is 9. The Balaban J connectivity index is 2.64. The summed E-state index contributed by atoms with van der Waals surface area (Å²) < 4.78 is 11.3. The van der Waals surface area contributed by atoms with E-state index in [0.29, 0.717) is 13.2 Å². The molecule has 1 rings (SSSR count). The number of ether oxygens (including phenoxy) is 2. The molecule has 0 heterocycles. The van der Waals surface area contributed by atoms with Crippen molar-refractivity contribution < 1.29 is 9.47 Å². The fraction of sp³-hybridized carbons (Fsp3) is 0.647. The first-order valence-electron chi connectivity index (χ1n) is 7.58. The molecular weight excluding hydrogens is 250 g/mol. The molecule has 0 fully saturated rings. The highest BCUT2D eigenvalue weighted by Crippen LogP contribution is 2.20. The van der Waals surface area contributed by atoms with Crippen LogP contribution in [0.1, 0.15) is 43.5 Å². The van der Waals surface area contributed by atoms with Crippen LogP contribution in [0, 0.1) is 13.8 Å². The van der Waals surface area contributed by atoms with Gasteiger partial charge in [-0.2, -0.15) is 0 Å². The van der Waals surface area contributed by atoms with E-state index >= 15 is 0 Å². The van der Waals surface area contributed by atoms with E-state index < -0.39 is 0 Å². The van der Waals surface area contributed by atoms with Gasteiger partial charge in [0, 0.05) is 6.61 Å². The summed E-state index contributed by atoms with van der Waals surface area (Å²) in [6.07, 6.45) is 0.127. The molecule has 0 aliphatic rings. The minimum Gasteiger partial charge on any atom is -0.379 e. The van der Waals surface area contributed by atoms with Crippen molar-refractivity contribution in [3.63, 3.8) is 0 Å². The van der Waals surface area contributed by atoms with Crippen LogP contribution >= 0.6 is 0 Å². The summed E-state index contributed by atoms with van der Waals surface area (Å²) in [6.45, 7) is 13.5. The summed E-state index contributed by atoms with van der Waals surface area (Å²) in [5.41, 5.74) is 3.94. The smallest absolute Gasteiger partial charge is 0.0781 e. The Morgan fingerprint density at radius 3 is 2.50 bits per heavy atom. The third-order valence-corrected chi connectivity index (χ3v) is 3.36. The van der Waals surface area contributed by atoms with Gasteiger partial charge in [-0.25, -0.2) is 0 Å². The Hall–Kier alpha value is -0.900. The zero-order valence-electron chi connectivity index (χ0n) is 13.5. The van der Waals surface area contributed by atoms with Crippen LogP contribution in [0.4, 0.5) is 0 Å². The maximum atomic E-state index is 5.91. The van der Waals surface area contributed by atoms with E-state index in [9.17, 15) is 0 Å². The quantitative estimate of drug-likeness (QED) is 0.751. The standard InChI is InChI=1S/C17H29NO2/c1-6-18-17(12-20-15(5)11-19-7-2)16-9-8-13(3)10-14(16)4/h8-10,15,17-18H,6-7,11-12H2,1-5H3. The molecule has 0 spiro atoms. The van der Waals surface area contributed by atoms with E-state index in [-0.39, 0.29) is 12.1 Å². The lowest BCUT2D eigenvalue weighted by atomic mass is 9.99. The number of likely N-dealkylation sites (N-methyl/N-ethyl adjacent to an activating group) is 1. The van der Waals surface area contributed by atoms with Crippen LogP contribution in [0.3, 0.4) is 0 Å². The van der Waals surface area contributed by atoms with Crippen LogP contribution < -0.4 is 5.32 Å². The first kappa shape index (κ1) is 17.2. The molecule has 0 saturated heterocycles. The van der Waals surface area contributed by atoms with Crippen molar-refractivity contribution >= 4 is 0 Å². The Kier molecular flexibility index (Phi) is 7.82. The van der Waals surface area contributed by atoms with Gasteiger partial charge >= 0.3 is 0 Å². The molecule has 0 bridgehead atoms. The maximum Gasteiger partial charge on any atom is 0.0781 e. The van der Waals surface area contributed by atoms with Crippen LogP contribution in [0.5, 0.6) is 0 Å². The Bertz CT molecular complexity index is 393. The summed E-state index contributed by atoms with van der Waals surface area (Å²) in [6, 6.07) is 6.83. The van der Waals surface area contributed by atoms with Crippen LogP contribution in [0.15, 0.2) is 18.2 Å². The number of hydrogen-bond donors (Lipinski definition) is 1. The van der Waals surface area contributed by atoms with Gasteiger partial charge in [0.15, 0.2) is 0 Å². The van der Waals surface area contributed by atoms with Gasteiger partial charge in [-0.3, -0.25) is 0 Å². The minimum atomic E-state index is 0.127. The SMILES string of the molecule is CCNC(COC(C)COCC)c1ccc(C)cc1C. The fourth-order valence-electron chi connectivity index (χ4n) is 2.31. The van der Waals surface area contributed by atoms with Gasteiger partial charge in [0.1, 0.15) is 0 Å². The third-order valence-electron chi connectivity index (χ3n) is 3.36. The van der Waals surface area contributed by atoms with E-state index in [0.717, 1.165) is 13.2 Å². The number of benzene rings is 1. The summed E-state index contributed by atoms with van der Waals surface area (Å²) >= 11 is 0.